The molecule has 2 fully saturated rings. The van der Waals surface area contributed by atoms with E-state index in [0.29, 0.717) is 17.9 Å². The van der Waals surface area contributed by atoms with Crippen molar-refractivity contribution in [2.24, 2.45) is 11.7 Å². The second-order valence-corrected chi connectivity index (χ2v) is 4.64. The van der Waals surface area contributed by atoms with Crippen molar-refractivity contribution in [3.05, 3.63) is 0 Å². The third kappa shape index (κ3) is 2.08. The Morgan fingerprint density at radius 2 is 1.64 bits per heavy atom. The van der Waals surface area contributed by atoms with Gasteiger partial charge in [-0.05, 0) is 25.7 Å². The van der Waals surface area contributed by atoms with Crippen LogP contribution in [0.3, 0.4) is 0 Å². The standard InChI is InChI=1S/C11H20N2O/c12-10-5-7-13(8-6-10)11(14)9-3-1-2-4-9/h9-10H,1-8,12H2. The molecule has 0 aromatic carbocycles. The molecule has 1 saturated heterocycles. The van der Waals surface area contributed by atoms with Crippen molar-refractivity contribution in [2.75, 3.05) is 13.1 Å². The predicted molar refractivity (Wildman–Crippen MR) is 55.7 cm³/mol. The van der Waals surface area contributed by atoms with Crippen molar-refractivity contribution >= 4 is 5.91 Å². The molecule has 3 heteroatoms. The highest BCUT2D eigenvalue weighted by atomic mass is 16.2. The quantitative estimate of drug-likeness (QED) is 0.683. The summed E-state index contributed by atoms with van der Waals surface area (Å²) in [7, 11) is 0. The van der Waals surface area contributed by atoms with Gasteiger partial charge in [0.15, 0.2) is 0 Å². The van der Waals surface area contributed by atoms with Gasteiger partial charge in [-0.1, -0.05) is 12.8 Å². The van der Waals surface area contributed by atoms with Crippen molar-refractivity contribution in [3.63, 3.8) is 0 Å². The molecule has 0 bridgehead atoms. The molecule has 0 aromatic rings. The van der Waals surface area contributed by atoms with Crippen molar-refractivity contribution in [3.8, 4) is 0 Å². The SMILES string of the molecule is NC1CCN(C(=O)C2CCCC2)CC1. The molecular formula is C11H20N2O. The highest BCUT2D eigenvalue weighted by Crippen LogP contribution is 2.27. The maximum absolute atomic E-state index is 12.0. The van der Waals surface area contributed by atoms with Crippen molar-refractivity contribution in [1.82, 2.24) is 4.90 Å². The van der Waals surface area contributed by atoms with Gasteiger partial charge >= 0.3 is 0 Å². The van der Waals surface area contributed by atoms with Crippen molar-refractivity contribution in [2.45, 2.75) is 44.6 Å². The second kappa shape index (κ2) is 4.30. The van der Waals surface area contributed by atoms with Crippen molar-refractivity contribution in [1.29, 1.82) is 0 Å². The van der Waals surface area contributed by atoms with E-state index in [1.54, 1.807) is 0 Å². The molecule has 2 aliphatic rings. The smallest absolute Gasteiger partial charge is 0.225 e. The second-order valence-electron chi connectivity index (χ2n) is 4.64. The maximum atomic E-state index is 12.0. The lowest BCUT2D eigenvalue weighted by atomic mass is 10.0. The number of amides is 1. The molecule has 1 amide bonds. The van der Waals surface area contributed by atoms with E-state index in [4.69, 9.17) is 5.73 Å². The van der Waals surface area contributed by atoms with E-state index < -0.39 is 0 Å². The zero-order valence-electron chi connectivity index (χ0n) is 8.74. The molecule has 3 nitrogen and oxygen atoms in total. The number of piperidine rings is 1. The number of nitrogens with zero attached hydrogens (tertiary/aromatic N) is 1. The first kappa shape index (κ1) is 9.97. The van der Waals surface area contributed by atoms with Crippen molar-refractivity contribution < 1.29 is 4.79 Å². The highest BCUT2D eigenvalue weighted by Gasteiger charge is 2.28. The fourth-order valence-corrected chi connectivity index (χ4v) is 2.55. The van der Waals surface area contributed by atoms with Crippen LogP contribution in [-0.4, -0.2) is 29.9 Å². The Bertz CT molecular complexity index is 203. The maximum Gasteiger partial charge on any atom is 0.225 e. The average Bonchev–Trinajstić information content (AvgIpc) is 2.71. The Hall–Kier alpha value is -0.570. The Balaban J connectivity index is 1.85. The average molecular weight is 196 g/mol. The van der Waals surface area contributed by atoms with Crippen LogP contribution in [0.2, 0.25) is 0 Å². The molecule has 2 rings (SSSR count). The lowest BCUT2D eigenvalue weighted by Gasteiger charge is -2.32. The monoisotopic (exact) mass is 196 g/mol. The van der Waals surface area contributed by atoms with E-state index in [1.807, 2.05) is 4.90 Å². The van der Waals surface area contributed by atoms with Gasteiger partial charge in [0, 0.05) is 25.0 Å². The minimum Gasteiger partial charge on any atom is -0.342 e. The minimum atomic E-state index is 0.322. The van der Waals surface area contributed by atoms with Gasteiger partial charge < -0.3 is 10.6 Å². The summed E-state index contributed by atoms with van der Waals surface area (Å²) in [6.07, 6.45) is 6.67. The number of nitrogens with two attached hydrogens (primary N) is 1. The third-order valence-electron chi connectivity index (χ3n) is 3.56. The van der Waals surface area contributed by atoms with Gasteiger partial charge in [0.05, 0.1) is 0 Å². The zero-order chi connectivity index (χ0) is 9.97. The summed E-state index contributed by atoms with van der Waals surface area (Å²) in [5.41, 5.74) is 5.81. The van der Waals surface area contributed by atoms with Crippen LogP contribution >= 0.6 is 0 Å². The minimum absolute atomic E-state index is 0.322. The van der Waals surface area contributed by atoms with Crippen LogP contribution in [0, 0.1) is 5.92 Å². The van der Waals surface area contributed by atoms with Crippen LogP contribution in [-0.2, 0) is 4.79 Å². The van der Waals surface area contributed by atoms with E-state index in [0.717, 1.165) is 38.8 Å². The molecule has 14 heavy (non-hydrogen) atoms. The first-order valence-corrected chi connectivity index (χ1v) is 5.82. The molecule has 0 spiro atoms. The topological polar surface area (TPSA) is 46.3 Å². The van der Waals surface area contributed by atoms with Crippen LogP contribution < -0.4 is 5.73 Å². The van der Waals surface area contributed by atoms with E-state index in [1.165, 1.54) is 12.8 Å². The summed E-state index contributed by atoms with van der Waals surface area (Å²) in [4.78, 5) is 14.0. The molecular weight excluding hydrogens is 176 g/mol. The zero-order valence-corrected chi connectivity index (χ0v) is 8.74. The normalized spacial score (nSPS) is 25.6. The molecule has 0 unspecified atom stereocenters. The fraction of sp³-hybridized carbons (Fsp3) is 0.909. The molecule has 0 aromatic heterocycles. The van der Waals surface area contributed by atoms with Crippen LogP contribution in [0.5, 0.6) is 0 Å². The fourth-order valence-electron chi connectivity index (χ4n) is 2.55. The Morgan fingerprint density at radius 1 is 1.07 bits per heavy atom. The highest BCUT2D eigenvalue weighted by molar-refractivity contribution is 5.79. The molecule has 1 aliphatic carbocycles. The van der Waals surface area contributed by atoms with Crippen LogP contribution in [0.25, 0.3) is 0 Å². The number of hydrogen-bond acceptors (Lipinski definition) is 2. The molecule has 1 saturated carbocycles. The van der Waals surface area contributed by atoms with Gasteiger partial charge in [-0.2, -0.15) is 0 Å². The molecule has 80 valence electrons. The van der Waals surface area contributed by atoms with E-state index in [-0.39, 0.29) is 0 Å². The van der Waals surface area contributed by atoms with Gasteiger partial charge in [0.25, 0.3) is 0 Å². The van der Waals surface area contributed by atoms with Crippen LogP contribution in [0.1, 0.15) is 38.5 Å². The van der Waals surface area contributed by atoms with E-state index >= 15 is 0 Å². The Morgan fingerprint density at radius 3 is 2.21 bits per heavy atom. The first-order valence-electron chi connectivity index (χ1n) is 5.82. The number of rotatable bonds is 1. The van der Waals surface area contributed by atoms with Crippen LogP contribution in [0.15, 0.2) is 0 Å². The predicted octanol–water partition coefficient (Wildman–Crippen LogP) is 1.13. The largest absolute Gasteiger partial charge is 0.342 e. The number of hydrogen-bond donors (Lipinski definition) is 1. The Kier molecular flexibility index (Phi) is 3.06. The molecule has 1 heterocycles. The van der Waals surface area contributed by atoms with E-state index in [9.17, 15) is 4.79 Å². The molecule has 1 aliphatic heterocycles. The number of carbonyl (C=O) groups is 1. The van der Waals surface area contributed by atoms with Gasteiger partial charge in [0.2, 0.25) is 5.91 Å². The summed E-state index contributed by atoms with van der Waals surface area (Å²) in [5.74, 6) is 0.735. The summed E-state index contributed by atoms with van der Waals surface area (Å²) in [6.45, 7) is 1.77. The summed E-state index contributed by atoms with van der Waals surface area (Å²) in [6, 6.07) is 0.322. The third-order valence-corrected chi connectivity index (χ3v) is 3.56. The summed E-state index contributed by atoms with van der Waals surface area (Å²) >= 11 is 0. The first-order chi connectivity index (χ1) is 6.77. The van der Waals surface area contributed by atoms with Gasteiger partial charge in [-0.15, -0.1) is 0 Å². The lowest BCUT2D eigenvalue weighted by Crippen LogP contribution is -2.44. The summed E-state index contributed by atoms with van der Waals surface area (Å²) < 4.78 is 0. The number of likely N-dealkylation sites (tertiary alicyclic amines) is 1. The summed E-state index contributed by atoms with van der Waals surface area (Å²) in [5, 5.41) is 0. The van der Waals surface area contributed by atoms with Gasteiger partial charge in [-0.25, -0.2) is 0 Å². The van der Waals surface area contributed by atoms with E-state index in [2.05, 4.69) is 0 Å². The molecule has 0 atom stereocenters. The van der Waals surface area contributed by atoms with Gasteiger partial charge in [-0.3, -0.25) is 4.79 Å². The molecule has 0 radical (unpaired) electrons. The molecule has 2 N–H and O–H groups in total. The van der Waals surface area contributed by atoms with Crippen LogP contribution in [0.4, 0.5) is 0 Å². The Labute approximate surface area is 85.6 Å². The number of carbonyl (C=O) groups excluding carboxylic acids is 1. The van der Waals surface area contributed by atoms with Gasteiger partial charge in [0.1, 0.15) is 0 Å². The lowest BCUT2D eigenvalue weighted by molar-refractivity contribution is -0.136.